The van der Waals surface area contributed by atoms with Gasteiger partial charge < -0.3 is 9.88 Å². The van der Waals surface area contributed by atoms with Gasteiger partial charge in [-0.3, -0.25) is 5.21 Å². The molecule has 32 heavy (non-hydrogen) atoms. The molecule has 1 fully saturated rings. The van der Waals surface area contributed by atoms with Crippen LogP contribution in [0.25, 0.3) is 16.7 Å². The molecule has 0 saturated heterocycles. The molecule has 0 aliphatic heterocycles. The van der Waals surface area contributed by atoms with Crippen molar-refractivity contribution < 1.29 is 9.95 Å². The first-order valence-corrected chi connectivity index (χ1v) is 11.0. The number of aromatic nitrogens is 2. The largest absolute Gasteiger partial charge is 0.364 e. The molecule has 0 spiro atoms. The zero-order valence-corrected chi connectivity index (χ0v) is 18.9. The van der Waals surface area contributed by atoms with Crippen molar-refractivity contribution >= 4 is 34.3 Å². The summed E-state index contributed by atoms with van der Waals surface area (Å²) in [5.74, 6) is 0.576. The van der Waals surface area contributed by atoms with E-state index in [4.69, 9.17) is 0 Å². The third-order valence-corrected chi connectivity index (χ3v) is 5.86. The van der Waals surface area contributed by atoms with E-state index in [0.29, 0.717) is 5.82 Å². The second-order valence-corrected chi connectivity index (χ2v) is 8.33. The molecule has 3 aromatic rings. The topological polar surface area (TPSA) is 65.5 Å². The van der Waals surface area contributed by atoms with E-state index >= 15 is 0 Å². The molecule has 2 N–H and O–H groups in total. The van der Waals surface area contributed by atoms with Crippen molar-refractivity contribution in [2.75, 3.05) is 0 Å². The van der Waals surface area contributed by atoms with Crippen LogP contribution in [0.4, 0.5) is 5.69 Å². The summed E-state index contributed by atoms with van der Waals surface area (Å²) in [5, 5.41) is 13.7. The van der Waals surface area contributed by atoms with Crippen LogP contribution in [0.2, 0.25) is 0 Å². The summed E-state index contributed by atoms with van der Waals surface area (Å²) in [6.07, 6.45) is 8.59. The van der Waals surface area contributed by atoms with Gasteiger partial charge >= 0.3 is 0 Å². The molecule has 1 unspecified atom stereocenters. The minimum absolute atomic E-state index is 0.00466. The lowest BCUT2D eigenvalue weighted by molar-refractivity contribution is -0.715. The Morgan fingerprint density at radius 3 is 2.84 bits per heavy atom. The first-order valence-electron chi connectivity index (χ1n) is 11.0. The molecule has 1 aliphatic carbocycles. The summed E-state index contributed by atoms with van der Waals surface area (Å²) in [6, 6.07) is 14.1. The quantitative estimate of drug-likeness (QED) is 0.218. The number of hydrogen-bond acceptors (Lipinski definition) is 4. The second-order valence-electron chi connectivity index (χ2n) is 8.33. The fraction of sp³-hybridized carbons (Fsp3) is 0.269. The normalized spacial score (nSPS) is 15.1. The first-order chi connectivity index (χ1) is 15.4. The number of nitrogens with zero attached hydrogens (tertiary/aromatic N) is 4. The summed E-state index contributed by atoms with van der Waals surface area (Å²) in [4.78, 5) is 8.90. The third-order valence-electron chi connectivity index (χ3n) is 5.86. The van der Waals surface area contributed by atoms with Crippen molar-refractivity contribution in [1.29, 1.82) is 0 Å². The lowest BCUT2D eigenvalue weighted by Gasteiger charge is -2.15. The zero-order valence-electron chi connectivity index (χ0n) is 18.9. The van der Waals surface area contributed by atoms with Crippen molar-refractivity contribution in [3.8, 4) is 0 Å². The number of hydrogen-bond donors (Lipinski definition) is 2. The Hall–Kier alpha value is -3.67. The maximum Gasteiger partial charge on any atom is 0.257 e. The minimum Gasteiger partial charge on any atom is -0.364 e. The molecule has 164 valence electrons. The first kappa shape index (κ1) is 21.6. The van der Waals surface area contributed by atoms with Gasteiger partial charge in [0.1, 0.15) is 12.1 Å². The number of nitrogens with one attached hydrogen (secondary N) is 1. The van der Waals surface area contributed by atoms with Crippen LogP contribution in [0.1, 0.15) is 50.3 Å². The molecule has 1 saturated carbocycles. The maximum atomic E-state index is 10.4. The molecule has 6 nitrogen and oxygen atoms in total. The molecule has 1 atom stereocenters. The van der Waals surface area contributed by atoms with Crippen molar-refractivity contribution in [3.05, 3.63) is 78.4 Å². The minimum atomic E-state index is 0.00466. The summed E-state index contributed by atoms with van der Waals surface area (Å²) in [6.45, 7) is 10.2. The van der Waals surface area contributed by atoms with Gasteiger partial charge in [0, 0.05) is 41.6 Å². The van der Waals surface area contributed by atoms with E-state index in [0.717, 1.165) is 53.0 Å². The van der Waals surface area contributed by atoms with Crippen LogP contribution < -0.4 is 5.32 Å². The average Bonchev–Trinajstić information content (AvgIpc) is 3.15. The predicted molar refractivity (Wildman–Crippen MR) is 131 cm³/mol. The van der Waals surface area contributed by atoms with E-state index in [1.807, 2.05) is 49.7 Å². The van der Waals surface area contributed by atoms with E-state index in [-0.39, 0.29) is 6.04 Å². The number of rotatable bonds is 7. The fourth-order valence-electron chi connectivity index (χ4n) is 3.74. The molecule has 0 amide bonds. The Kier molecular flexibility index (Phi) is 6.21. The lowest BCUT2D eigenvalue weighted by atomic mass is 9.97. The van der Waals surface area contributed by atoms with Crippen LogP contribution in [0, 0.1) is 6.92 Å². The summed E-state index contributed by atoms with van der Waals surface area (Å²) < 4.78 is 3.38. The molecule has 1 aliphatic rings. The highest BCUT2D eigenvalue weighted by Gasteiger charge is 2.25. The average molecular weight is 429 g/mol. The second kappa shape index (κ2) is 9.22. The number of imidazole rings is 1. The monoisotopic (exact) mass is 428 g/mol. The highest BCUT2D eigenvalue weighted by molar-refractivity contribution is 5.85. The molecular weight excluding hydrogens is 398 g/mol. The zero-order chi connectivity index (χ0) is 22.7. The molecule has 2 aromatic carbocycles. The Labute approximate surface area is 188 Å². The van der Waals surface area contributed by atoms with Crippen molar-refractivity contribution in [1.82, 2.24) is 14.9 Å². The maximum absolute atomic E-state index is 10.4. The Balaban J connectivity index is 1.41. The van der Waals surface area contributed by atoms with Gasteiger partial charge in [-0.15, -0.1) is 0 Å². The number of benzene rings is 2. The van der Waals surface area contributed by atoms with Gasteiger partial charge in [0.2, 0.25) is 5.71 Å². The smallest absolute Gasteiger partial charge is 0.257 e. The molecule has 4 rings (SSSR count). The van der Waals surface area contributed by atoms with Crippen LogP contribution in [0.5, 0.6) is 0 Å². The van der Waals surface area contributed by atoms with Crippen LogP contribution in [-0.2, 0) is 0 Å². The molecule has 0 bridgehead atoms. The van der Waals surface area contributed by atoms with E-state index in [1.165, 1.54) is 10.3 Å². The van der Waals surface area contributed by atoms with E-state index in [2.05, 4.69) is 52.4 Å². The number of allylic oxidation sites excluding steroid dienone is 2. The highest BCUT2D eigenvalue weighted by Crippen LogP contribution is 2.23. The SMILES string of the molecule is C=C(/N=C\C=C(/C)n1cnc2ccc(C)cc21)NC(C)c1cccc([N+](O)=C2CCC2)c1. The number of aryl methyl sites for hydroxylation is 1. The number of fused-ring (bicyclic) bond motifs is 1. The van der Waals surface area contributed by atoms with Crippen LogP contribution >= 0.6 is 0 Å². The Bertz CT molecular complexity index is 1240. The van der Waals surface area contributed by atoms with E-state index in [9.17, 15) is 5.21 Å². The van der Waals surface area contributed by atoms with Gasteiger partial charge in [-0.2, -0.15) is 0 Å². The van der Waals surface area contributed by atoms with Gasteiger partial charge in [0.05, 0.1) is 17.1 Å². The van der Waals surface area contributed by atoms with Gasteiger partial charge in [0.25, 0.3) is 5.69 Å². The van der Waals surface area contributed by atoms with Crippen molar-refractivity contribution in [2.45, 2.75) is 46.1 Å². The molecule has 0 radical (unpaired) electrons. The third kappa shape index (κ3) is 4.64. The molecule has 1 heterocycles. The standard InChI is InChI=1S/C26H30N5O/c1-18-11-12-25-26(15-18)30(17-28-25)19(2)13-14-27-21(4)29-20(3)22-7-5-10-24(16-22)31(32)23-8-6-9-23/h5,7,10-17,20,29,32H,4,6,8-9H2,1-3H3/q+1/b19-13+,27-14-. The van der Waals surface area contributed by atoms with Crippen molar-refractivity contribution in [3.63, 3.8) is 0 Å². The number of aliphatic imine (C=N–C) groups is 1. The van der Waals surface area contributed by atoms with Crippen LogP contribution in [0.15, 0.2) is 72.3 Å². The Morgan fingerprint density at radius 1 is 1.28 bits per heavy atom. The summed E-state index contributed by atoms with van der Waals surface area (Å²) >= 11 is 0. The summed E-state index contributed by atoms with van der Waals surface area (Å²) in [7, 11) is 0. The fourth-order valence-corrected chi connectivity index (χ4v) is 3.74. The summed E-state index contributed by atoms with van der Waals surface area (Å²) in [5.41, 5.74) is 7.19. The van der Waals surface area contributed by atoms with Gasteiger partial charge in [0.15, 0.2) is 0 Å². The van der Waals surface area contributed by atoms with Gasteiger partial charge in [-0.05, 0) is 56.5 Å². The molecule has 1 aromatic heterocycles. The van der Waals surface area contributed by atoms with Gasteiger partial charge in [-0.1, -0.05) is 24.8 Å². The van der Waals surface area contributed by atoms with Crippen LogP contribution in [-0.4, -0.2) is 31.4 Å². The highest BCUT2D eigenvalue weighted by atomic mass is 16.5. The van der Waals surface area contributed by atoms with Gasteiger partial charge in [-0.25, -0.2) is 9.98 Å². The van der Waals surface area contributed by atoms with Crippen molar-refractivity contribution in [2.24, 2.45) is 4.99 Å². The molecular formula is C26H30N5O+. The molecule has 6 heteroatoms. The van der Waals surface area contributed by atoms with E-state index in [1.54, 1.807) is 6.21 Å². The predicted octanol–water partition coefficient (Wildman–Crippen LogP) is 5.76. The Morgan fingerprint density at radius 2 is 2.09 bits per heavy atom. The van der Waals surface area contributed by atoms with E-state index < -0.39 is 0 Å². The van der Waals surface area contributed by atoms with Crippen LogP contribution in [0.3, 0.4) is 0 Å². The lowest BCUT2D eigenvalue weighted by Crippen LogP contribution is -2.21.